The molecule has 0 bridgehead atoms. The summed E-state index contributed by atoms with van der Waals surface area (Å²) in [5.74, 6) is -0.458. The minimum Gasteiger partial charge on any atom is -0.508 e. The molecular formula is C19H18Br2NO5Pr+2. The molecule has 0 aliphatic rings. The van der Waals surface area contributed by atoms with E-state index < -0.39 is 18.4 Å². The van der Waals surface area contributed by atoms with Crippen molar-refractivity contribution in [2.45, 2.75) is 19.8 Å². The summed E-state index contributed by atoms with van der Waals surface area (Å²) in [4.78, 5) is 22.8. The maximum Gasteiger partial charge on any atom is 3.00 e. The van der Waals surface area contributed by atoms with Crippen molar-refractivity contribution in [2.24, 2.45) is 0 Å². The first kappa shape index (κ1) is 25.2. The van der Waals surface area contributed by atoms with Gasteiger partial charge in [-0.3, -0.25) is 9.59 Å². The maximum absolute atomic E-state index is 12.2. The quantitative estimate of drug-likeness (QED) is 0.394. The Balaban J connectivity index is 0.00000392. The SMILES string of the molecule is [CH2-]c1c(C(=O)NCC(=O)O)cc(Br)c(Oc2ccc(O)c(C(C)C)c2)c1Br.[Pr+3]. The molecule has 0 spiro atoms. The van der Waals surface area contributed by atoms with Crippen LogP contribution in [0.1, 0.15) is 41.3 Å². The fourth-order valence-corrected chi connectivity index (χ4v) is 3.65. The molecular weight excluding hydrogens is 623 g/mol. The zero-order valence-electron chi connectivity index (χ0n) is 15.3. The minimum atomic E-state index is -1.14. The van der Waals surface area contributed by atoms with E-state index in [0.29, 0.717) is 26.0 Å². The van der Waals surface area contributed by atoms with Crippen molar-refractivity contribution in [2.75, 3.05) is 6.54 Å². The third-order valence-corrected chi connectivity index (χ3v) is 5.19. The largest absolute Gasteiger partial charge is 3.00 e. The van der Waals surface area contributed by atoms with Crippen molar-refractivity contribution in [3.8, 4) is 17.2 Å². The van der Waals surface area contributed by atoms with Gasteiger partial charge in [-0.2, -0.15) is 12.5 Å². The number of phenolic OH excluding ortho intramolecular Hbond substituents is 1. The number of carbonyl (C=O) groups excluding carboxylic acids is 1. The Hall–Kier alpha value is -0.826. The normalized spacial score (nSPS) is 10.3. The number of carboxylic acids is 1. The standard InChI is InChI=1S/C19H18Br2NO5.Pr/c1-9(2)12-6-11(4-5-15(12)23)27-18-14(20)7-13(10(3)17(18)21)19(26)22-8-16(24)25;/h4-7,9,23H,3,8H2,1-2H3,(H,22,26)(H,24,25);/q-1;+3. The first-order chi connectivity index (χ1) is 12.6. The summed E-state index contributed by atoms with van der Waals surface area (Å²) in [5, 5.41) is 20.9. The molecule has 0 aromatic heterocycles. The van der Waals surface area contributed by atoms with Gasteiger partial charge in [-0.1, -0.05) is 25.5 Å². The van der Waals surface area contributed by atoms with Crippen LogP contribution in [0.15, 0.2) is 33.2 Å². The number of hydrogen-bond acceptors (Lipinski definition) is 4. The fraction of sp³-hybridized carbons (Fsp3) is 0.211. The summed E-state index contributed by atoms with van der Waals surface area (Å²) in [6.45, 7) is 7.31. The number of hydrogen-bond donors (Lipinski definition) is 3. The van der Waals surface area contributed by atoms with Crippen LogP contribution in [0.25, 0.3) is 0 Å². The molecule has 1 amide bonds. The van der Waals surface area contributed by atoms with E-state index in [1.54, 1.807) is 18.2 Å². The van der Waals surface area contributed by atoms with Gasteiger partial charge in [0.05, 0.1) is 0 Å². The van der Waals surface area contributed by atoms with Crippen molar-refractivity contribution in [1.82, 2.24) is 5.32 Å². The van der Waals surface area contributed by atoms with E-state index in [0.717, 1.165) is 5.56 Å². The molecule has 2 aromatic rings. The van der Waals surface area contributed by atoms with Crippen LogP contribution in [0, 0.1) is 48.2 Å². The van der Waals surface area contributed by atoms with Crippen molar-refractivity contribution >= 4 is 43.7 Å². The van der Waals surface area contributed by atoms with E-state index in [2.05, 4.69) is 44.1 Å². The molecule has 144 valence electrons. The number of aliphatic carboxylic acids is 1. The molecule has 2 aromatic carbocycles. The van der Waals surface area contributed by atoms with Crippen LogP contribution in [0.5, 0.6) is 17.2 Å². The number of halogens is 2. The molecule has 28 heavy (non-hydrogen) atoms. The summed E-state index contributed by atoms with van der Waals surface area (Å²) >= 11 is 6.76. The second kappa shape index (κ2) is 10.8. The van der Waals surface area contributed by atoms with Crippen molar-refractivity contribution < 1.29 is 65.8 Å². The molecule has 3 N–H and O–H groups in total. The molecule has 0 aliphatic carbocycles. The zero-order valence-corrected chi connectivity index (χ0v) is 22.1. The number of nitrogens with one attached hydrogen (secondary N) is 1. The Bertz CT molecular complexity index is 902. The Labute approximate surface area is 213 Å². The van der Waals surface area contributed by atoms with E-state index in [-0.39, 0.29) is 58.5 Å². The van der Waals surface area contributed by atoms with Gasteiger partial charge in [0, 0.05) is 10.0 Å². The fourth-order valence-electron chi connectivity index (χ4n) is 2.36. The molecule has 2 rings (SSSR count). The van der Waals surface area contributed by atoms with E-state index in [1.807, 2.05) is 13.8 Å². The van der Waals surface area contributed by atoms with E-state index in [1.165, 1.54) is 6.07 Å². The van der Waals surface area contributed by atoms with E-state index in [4.69, 9.17) is 9.84 Å². The third kappa shape index (κ3) is 6.08. The predicted octanol–water partition coefficient (Wildman–Crippen LogP) is 4.83. The second-order valence-electron chi connectivity index (χ2n) is 6.08. The predicted molar refractivity (Wildman–Crippen MR) is 109 cm³/mol. The molecule has 0 saturated carbocycles. The van der Waals surface area contributed by atoms with Crippen molar-refractivity contribution in [3.05, 3.63) is 56.8 Å². The van der Waals surface area contributed by atoms with Crippen LogP contribution in [-0.4, -0.2) is 28.6 Å². The van der Waals surface area contributed by atoms with Gasteiger partial charge in [0.25, 0.3) is 0 Å². The molecule has 0 atom stereocenters. The molecule has 0 aliphatic heterocycles. The Morgan fingerprint density at radius 1 is 1.25 bits per heavy atom. The molecule has 0 heterocycles. The van der Waals surface area contributed by atoms with Crippen LogP contribution < -0.4 is 10.1 Å². The number of carbonyl (C=O) groups is 2. The number of benzene rings is 2. The van der Waals surface area contributed by atoms with Gasteiger partial charge in [0.2, 0.25) is 0 Å². The van der Waals surface area contributed by atoms with E-state index >= 15 is 0 Å². The van der Waals surface area contributed by atoms with Gasteiger partial charge < -0.3 is 20.3 Å². The molecule has 6 nitrogen and oxygen atoms in total. The number of aromatic hydroxyl groups is 1. The molecule has 0 fully saturated rings. The maximum atomic E-state index is 12.2. The number of rotatable bonds is 6. The first-order valence-electron chi connectivity index (χ1n) is 7.96. The van der Waals surface area contributed by atoms with Gasteiger partial charge in [-0.25, -0.2) is 0 Å². The van der Waals surface area contributed by atoms with Crippen LogP contribution in [0.4, 0.5) is 0 Å². The Morgan fingerprint density at radius 3 is 2.46 bits per heavy atom. The van der Waals surface area contributed by atoms with Crippen molar-refractivity contribution in [1.29, 1.82) is 0 Å². The molecule has 0 unspecified atom stereocenters. The minimum absolute atomic E-state index is 0. The molecule has 0 saturated heterocycles. The zero-order chi connectivity index (χ0) is 20.3. The molecule has 9 heteroatoms. The molecule has 0 radical (unpaired) electrons. The van der Waals surface area contributed by atoms with Crippen molar-refractivity contribution in [3.63, 3.8) is 0 Å². The number of amides is 1. The van der Waals surface area contributed by atoms with Crippen LogP contribution >= 0.6 is 31.9 Å². The van der Waals surface area contributed by atoms with Crippen LogP contribution in [-0.2, 0) is 4.79 Å². The summed E-state index contributed by atoms with van der Waals surface area (Å²) in [6.07, 6.45) is 0. The summed E-state index contributed by atoms with van der Waals surface area (Å²) in [5.41, 5.74) is 1.33. The summed E-state index contributed by atoms with van der Waals surface area (Å²) in [6, 6.07) is 6.46. The van der Waals surface area contributed by atoms with Gasteiger partial charge >= 0.3 is 47.3 Å². The average Bonchev–Trinajstić information content (AvgIpc) is 2.60. The van der Waals surface area contributed by atoms with Gasteiger partial charge in [0.1, 0.15) is 23.8 Å². The number of phenols is 1. The average molecular weight is 641 g/mol. The van der Waals surface area contributed by atoms with Gasteiger partial charge in [-0.15, -0.1) is 15.9 Å². The number of carboxylic acid groups (broad SMARTS) is 1. The van der Waals surface area contributed by atoms with Gasteiger partial charge in [-0.05, 0) is 44.5 Å². The Kier molecular flexibility index (Phi) is 9.73. The third-order valence-electron chi connectivity index (χ3n) is 3.76. The van der Waals surface area contributed by atoms with Crippen LogP contribution in [0.3, 0.4) is 0 Å². The summed E-state index contributed by atoms with van der Waals surface area (Å²) < 4.78 is 6.87. The second-order valence-corrected chi connectivity index (χ2v) is 7.73. The smallest absolute Gasteiger partial charge is 0.508 e. The van der Waals surface area contributed by atoms with E-state index in [9.17, 15) is 14.7 Å². The Morgan fingerprint density at radius 2 is 1.89 bits per heavy atom. The van der Waals surface area contributed by atoms with Crippen LogP contribution in [0.2, 0.25) is 0 Å². The first-order valence-corrected chi connectivity index (χ1v) is 9.55. The topological polar surface area (TPSA) is 95.9 Å². The monoisotopic (exact) mass is 639 g/mol. The number of ether oxygens (including phenoxy) is 1. The van der Waals surface area contributed by atoms with Gasteiger partial charge in [0.15, 0.2) is 5.91 Å². The summed E-state index contributed by atoms with van der Waals surface area (Å²) in [7, 11) is 0.